The van der Waals surface area contributed by atoms with Gasteiger partial charge in [-0.05, 0) is 37.5 Å². The second kappa shape index (κ2) is 6.24. The Bertz CT molecular complexity index is 404. The first-order valence-corrected chi connectivity index (χ1v) is 8.47. The summed E-state index contributed by atoms with van der Waals surface area (Å²) in [5.74, 6) is -0.226. The first-order chi connectivity index (χ1) is 10.2. The maximum Gasteiger partial charge on any atom is 0.326 e. The van der Waals surface area contributed by atoms with Gasteiger partial charge in [-0.15, -0.1) is 0 Å². The number of rotatable bonds is 1. The Morgan fingerprint density at radius 1 is 0.905 bits per heavy atom. The number of carbonyl (C=O) groups is 2. The molecular formula is C16H26N2O3. The number of hydrogen-bond donors (Lipinski definition) is 1. The standard InChI is InChI=1S/C16H26N2O3/c19-15(20)14-13-8-6-7-12(13)11-18(14)16(21)17-9-4-2-1-3-5-10-17/h12-14H,1-11H2,(H,19,20). The van der Waals surface area contributed by atoms with Gasteiger partial charge in [-0.3, -0.25) is 0 Å². The lowest BCUT2D eigenvalue weighted by molar-refractivity contribution is -0.142. The molecule has 0 aromatic carbocycles. The molecule has 118 valence electrons. The van der Waals surface area contributed by atoms with Crippen molar-refractivity contribution in [1.82, 2.24) is 9.80 Å². The number of aliphatic carboxylic acids is 1. The number of fused-ring (bicyclic) bond motifs is 1. The molecule has 0 aromatic rings. The van der Waals surface area contributed by atoms with E-state index < -0.39 is 12.0 Å². The molecular weight excluding hydrogens is 268 g/mol. The summed E-state index contributed by atoms with van der Waals surface area (Å²) in [6, 6.07) is -0.617. The Kier molecular flexibility index (Phi) is 4.36. The number of amides is 2. The molecule has 2 heterocycles. The fraction of sp³-hybridized carbons (Fsp3) is 0.875. The van der Waals surface area contributed by atoms with E-state index in [2.05, 4.69) is 0 Å². The molecule has 3 unspecified atom stereocenters. The summed E-state index contributed by atoms with van der Waals surface area (Å²) in [5, 5.41) is 9.57. The molecule has 2 amide bonds. The molecule has 3 fully saturated rings. The zero-order valence-electron chi connectivity index (χ0n) is 12.7. The monoisotopic (exact) mass is 294 g/mol. The van der Waals surface area contributed by atoms with Crippen molar-refractivity contribution >= 4 is 12.0 Å². The van der Waals surface area contributed by atoms with Crippen LogP contribution in [-0.2, 0) is 4.79 Å². The normalized spacial score (nSPS) is 33.4. The molecule has 0 radical (unpaired) electrons. The van der Waals surface area contributed by atoms with E-state index in [-0.39, 0.29) is 11.9 Å². The fourth-order valence-electron chi connectivity index (χ4n) is 4.44. The number of hydrogen-bond acceptors (Lipinski definition) is 2. The number of carbonyl (C=O) groups excluding carboxylic acids is 1. The van der Waals surface area contributed by atoms with Gasteiger partial charge in [-0.25, -0.2) is 9.59 Å². The molecule has 3 rings (SSSR count). The van der Waals surface area contributed by atoms with Crippen LogP contribution < -0.4 is 0 Å². The Morgan fingerprint density at radius 2 is 1.57 bits per heavy atom. The van der Waals surface area contributed by atoms with Crippen molar-refractivity contribution in [2.24, 2.45) is 11.8 Å². The summed E-state index contributed by atoms with van der Waals surface area (Å²) in [6.45, 7) is 2.23. The van der Waals surface area contributed by atoms with Crippen molar-refractivity contribution in [3.63, 3.8) is 0 Å². The van der Waals surface area contributed by atoms with E-state index in [0.717, 1.165) is 45.2 Å². The zero-order valence-corrected chi connectivity index (χ0v) is 12.7. The summed E-state index contributed by atoms with van der Waals surface area (Å²) in [7, 11) is 0. The third-order valence-corrected chi connectivity index (χ3v) is 5.52. The predicted molar refractivity (Wildman–Crippen MR) is 79.0 cm³/mol. The molecule has 2 saturated heterocycles. The van der Waals surface area contributed by atoms with E-state index in [4.69, 9.17) is 0 Å². The highest BCUT2D eigenvalue weighted by Gasteiger charge is 2.50. The fourth-order valence-corrected chi connectivity index (χ4v) is 4.44. The number of urea groups is 1. The van der Waals surface area contributed by atoms with Gasteiger partial charge in [-0.2, -0.15) is 0 Å². The second-order valence-corrected chi connectivity index (χ2v) is 6.83. The van der Waals surface area contributed by atoms with Crippen LogP contribution in [0.5, 0.6) is 0 Å². The zero-order chi connectivity index (χ0) is 14.8. The highest BCUT2D eigenvalue weighted by molar-refractivity contribution is 5.84. The molecule has 0 aromatic heterocycles. The quantitative estimate of drug-likeness (QED) is 0.808. The number of carboxylic acid groups (broad SMARTS) is 1. The average molecular weight is 294 g/mol. The molecule has 5 nitrogen and oxygen atoms in total. The SMILES string of the molecule is O=C(O)C1C2CCCC2CN1C(=O)N1CCCCCCC1. The number of likely N-dealkylation sites (tertiary alicyclic amines) is 2. The average Bonchev–Trinajstić information content (AvgIpc) is 2.96. The minimum Gasteiger partial charge on any atom is -0.480 e. The van der Waals surface area contributed by atoms with Crippen LogP contribution in [0.15, 0.2) is 0 Å². The van der Waals surface area contributed by atoms with Gasteiger partial charge in [0.25, 0.3) is 0 Å². The molecule has 21 heavy (non-hydrogen) atoms. The highest BCUT2D eigenvalue weighted by Crippen LogP contribution is 2.42. The van der Waals surface area contributed by atoms with Gasteiger partial charge in [0.15, 0.2) is 0 Å². The van der Waals surface area contributed by atoms with Gasteiger partial charge < -0.3 is 14.9 Å². The lowest BCUT2D eigenvalue weighted by Crippen LogP contribution is -2.50. The molecule has 1 saturated carbocycles. The minimum atomic E-state index is -0.815. The van der Waals surface area contributed by atoms with Crippen LogP contribution in [0.25, 0.3) is 0 Å². The van der Waals surface area contributed by atoms with Crippen LogP contribution in [0, 0.1) is 11.8 Å². The minimum absolute atomic E-state index is 0.0290. The smallest absolute Gasteiger partial charge is 0.326 e. The Balaban J connectivity index is 1.71. The first kappa shape index (κ1) is 14.7. The first-order valence-electron chi connectivity index (χ1n) is 8.47. The van der Waals surface area contributed by atoms with Crippen LogP contribution in [0.2, 0.25) is 0 Å². The Morgan fingerprint density at radius 3 is 2.24 bits per heavy atom. The van der Waals surface area contributed by atoms with Crippen molar-refractivity contribution < 1.29 is 14.7 Å². The maximum absolute atomic E-state index is 12.8. The molecule has 3 atom stereocenters. The maximum atomic E-state index is 12.8. The third-order valence-electron chi connectivity index (χ3n) is 5.52. The van der Waals surface area contributed by atoms with Crippen LogP contribution in [0.4, 0.5) is 4.79 Å². The molecule has 1 N–H and O–H groups in total. The summed E-state index contributed by atoms with van der Waals surface area (Å²) < 4.78 is 0. The number of carboxylic acids is 1. The topological polar surface area (TPSA) is 60.9 Å². The van der Waals surface area contributed by atoms with Crippen LogP contribution >= 0.6 is 0 Å². The van der Waals surface area contributed by atoms with E-state index in [9.17, 15) is 14.7 Å². The molecule has 3 aliphatic rings. The van der Waals surface area contributed by atoms with Gasteiger partial charge in [0.05, 0.1) is 0 Å². The lowest BCUT2D eigenvalue weighted by atomic mass is 9.94. The Labute approximate surface area is 126 Å². The van der Waals surface area contributed by atoms with Crippen molar-refractivity contribution in [2.45, 2.75) is 57.4 Å². The molecule has 1 aliphatic carbocycles. The van der Waals surface area contributed by atoms with Gasteiger partial charge in [0, 0.05) is 19.6 Å². The predicted octanol–water partition coefficient (Wildman–Crippen LogP) is 2.56. The van der Waals surface area contributed by atoms with E-state index >= 15 is 0 Å². The van der Waals surface area contributed by atoms with E-state index in [1.54, 1.807) is 4.90 Å². The summed E-state index contributed by atoms with van der Waals surface area (Å²) in [6.07, 6.45) is 8.87. The molecule has 0 spiro atoms. The molecule has 2 aliphatic heterocycles. The van der Waals surface area contributed by atoms with Crippen LogP contribution in [0.1, 0.15) is 51.4 Å². The van der Waals surface area contributed by atoms with Crippen molar-refractivity contribution in [3.05, 3.63) is 0 Å². The van der Waals surface area contributed by atoms with Crippen LogP contribution in [0.3, 0.4) is 0 Å². The summed E-state index contributed by atoms with van der Waals surface area (Å²) >= 11 is 0. The molecule has 0 bridgehead atoms. The van der Waals surface area contributed by atoms with Gasteiger partial charge >= 0.3 is 12.0 Å². The highest BCUT2D eigenvalue weighted by atomic mass is 16.4. The van der Waals surface area contributed by atoms with E-state index in [1.165, 1.54) is 19.3 Å². The largest absolute Gasteiger partial charge is 0.480 e. The van der Waals surface area contributed by atoms with Crippen molar-refractivity contribution in [2.75, 3.05) is 19.6 Å². The third kappa shape index (κ3) is 2.87. The summed E-state index contributed by atoms with van der Waals surface area (Å²) in [5.41, 5.74) is 0. The van der Waals surface area contributed by atoms with Gasteiger partial charge in [-0.1, -0.05) is 25.7 Å². The van der Waals surface area contributed by atoms with Crippen molar-refractivity contribution in [1.29, 1.82) is 0 Å². The Hall–Kier alpha value is -1.26. The van der Waals surface area contributed by atoms with E-state index in [0.29, 0.717) is 12.5 Å². The van der Waals surface area contributed by atoms with Gasteiger partial charge in [0.1, 0.15) is 6.04 Å². The lowest BCUT2D eigenvalue weighted by Gasteiger charge is -2.32. The van der Waals surface area contributed by atoms with Crippen LogP contribution in [-0.4, -0.2) is 52.6 Å². The van der Waals surface area contributed by atoms with Gasteiger partial charge in [0.2, 0.25) is 0 Å². The summed E-state index contributed by atoms with van der Waals surface area (Å²) in [4.78, 5) is 28.0. The van der Waals surface area contributed by atoms with E-state index in [1.807, 2.05) is 4.90 Å². The van der Waals surface area contributed by atoms with Crippen molar-refractivity contribution in [3.8, 4) is 0 Å². The molecule has 5 heteroatoms. The second-order valence-electron chi connectivity index (χ2n) is 6.83. The number of nitrogens with zero attached hydrogens (tertiary/aromatic N) is 2.